The molecule has 3 aromatic rings. The number of β-lactam (4-membered cyclic amide) rings is 1. The number of nitrogens with zero attached hydrogens (tertiary/aromatic N) is 2. The number of fused-ring (bicyclic) bond motifs is 1. The van der Waals surface area contributed by atoms with E-state index in [1.165, 1.54) is 39.8 Å². The second-order valence-electron chi connectivity index (χ2n) is 7.99. The molecule has 8 nitrogen and oxygen atoms in total. The molecular weight excluding hydrogens is 498 g/mol. The summed E-state index contributed by atoms with van der Waals surface area (Å²) in [5.41, 5.74) is 1.56. The fourth-order valence-corrected chi connectivity index (χ4v) is 6.30. The Balaban J connectivity index is 1.40. The van der Waals surface area contributed by atoms with Gasteiger partial charge < -0.3 is 19.7 Å². The van der Waals surface area contributed by atoms with Gasteiger partial charge in [0.2, 0.25) is 5.91 Å². The van der Waals surface area contributed by atoms with Crippen molar-refractivity contribution in [2.45, 2.75) is 17.3 Å². The molecular formula is C26H25N3O5S2. The fourth-order valence-electron chi connectivity index (χ4n) is 3.61. The highest BCUT2D eigenvalue weighted by atomic mass is 33.1. The summed E-state index contributed by atoms with van der Waals surface area (Å²) in [5, 5.41) is 4.19. The number of nitrogens with one attached hydrogen (secondary N) is 1. The normalized spacial score (nSPS) is 17.4. The minimum Gasteiger partial charge on any atom is -0.484 e. The summed E-state index contributed by atoms with van der Waals surface area (Å²) >= 11 is 0. The van der Waals surface area contributed by atoms with Crippen molar-refractivity contribution in [1.29, 1.82) is 0 Å². The van der Waals surface area contributed by atoms with E-state index in [0.29, 0.717) is 11.3 Å². The lowest BCUT2D eigenvalue weighted by atomic mass is 9.91. The zero-order valence-electron chi connectivity index (χ0n) is 19.7. The van der Waals surface area contributed by atoms with Crippen LogP contribution in [0.4, 0.5) is 0 Å². The molecule has 0 aliphatic carbocycles. The molecule has 186 valence electrons. The number of benzene rings is 2. The van der Waals surface area contributed by atoms with Gasteiger partial charge in [0, 0.05) is 11.6 Å². The first kappa shape index (κ1) is 25.6. The van der Waals surface area contributed by atoms with Gasteiger partial charge in [-0.15, -0.1) is 0 Å². The molecule has 2 unspecified atom stereocenters. The number of esters is 1. The maximum Gasteiger partial charge on any atom is 0.325 e. The number of aromatic nitrogens is 1. The van der Waals surface area contributed by atoms with E-state index in [1.54, 1.807) is 19.1 Å². The Morgan fingerprint density at radius 1 is 1.08 bits per heavy atom. The van der Waals surface area contributed by atoms with Crippen LogP contribution in [-0.4, -0.2) is 53.3 Å². The van der Waals surface area contributed by atoms with Gasteiger partial charge in [-0.2, -0.15) is 0 Å². The van der Waals surface area contributed by atoms with E-state index in [4.69, 9.17) is 9.47 Å². The summed E-state index contributed by atoms with van der Waals surface area (Å²) in [4.78, 5) is 43.2. The van der Waals surface area contributed by atoms with Gasteiger partial charge in [0.15, 0.2) is 6.61 Å². The number of amides is 2. The summed E-state index contributed by atoms with van der Waals surface area (Å²) in [6, 6.07) is 20.8. The van der Waals surface area contributed by atoms with E-state index in [2.05, 4.69) is 10.3 Å². The van der Waals surface area contributed by atoms with Crippen LogP contribution in [0.5, 0.6) is 5.75 Å². The summed E-state index contributed by atoms with van der Waals surface area (Å²) in [6.45, 7) is 1.49. The average molecular weight is 524 g/mol. The molecule has 1 aromatic heterocycles. The smallest absolute Gasteiger partial charge is 0.325 e. The maximum atomic E-state index is 12.9. The molecule has 2 atom stereocenters. The molecule has 4 rings (SSSR count). The summed E-state index contributed by atoms with van der Waals surface area (Å²) in [6.07, 6.45) is 1.53. The number of ether oxygens (including phenoxy) is 2. The maximum absolute atomic E-state index is 12.9. The van der Waals surface area contributed by atoms with Crippen LogP contribution in [0.25, 0.3) is 10.9 Å². The Morgan fingerprint density at radius 3 is 2.61 bits per heavy atom. The van der Waals surface area contributed by atoms with Crippen LogP contribution in [0.15, 0.2) is 83.5 Å². The van der Waals surface area contributed by atoms with Crippen LogP contribution in [-0.2, 0) is 19.1 Å². The molecule has 2 aromatic carbocycles. The topological polar surface area (TPSA) is 97.8 Å². The van der Waals surface area contributed by atoms with Crippen molar-refractivity contribution in [2.24, 2.45) is 5.92 Å². The molecule has 0 radical (unpaired) electrons. The number of likely N-dealkylation sites (tertiary alicyclic amines) is 1. The Hall–Kier alpha value is -3.50. The number of hydrogen-bond donors (Lipinski definition) is 1. The van der Waals surface area contributed by atoms with Crippen molar-refractivity contribution in [3.63, 3.8) is 0 Å². The molecule has 1 saturated heterocycles. The highest BCUT2D eigenvalue weighted by Crippen LogP contribution is 2.46. The monoisotopic (exact) mass is 523 g/mol. The van der Waals surface area contributed by atoms with Gasteiger partial charge in [-0.05, 0) is 47.6 Å². The molecule has 0 spiro atoms. The minimum absolute atomic E-state index is 0.139. The van der Waals surface area contributed by atoms with E-state index >= 15 is 0 Å². The molecule has 0 bridgehead atoms. The van der Waals surface area contributed by atoms with Gasteiger partial charge in [-0.1, -0.05) is 53.3 Å². The Kier molecular flexibility index (Phi) is 8.50. The van der Waals surface area contributed by atoms with Gasteiger partial charge in [0.1, 0.15) is 22.7 Å². The second kappa shape index (κ2) is 12.0. The number of carbonyl (C=O) groups is 3. The Labute approximate surface area is 216 Å². The first-order chi connectivity index (χ1) is 17.5. The van der Waals surface area contributed by atoms with Crippen molar-refractivity contribution in [3.8, 4) is 5.75 Å². The van der Waals surface area contributed by atoms with E-state index in [1.807, 2.05) is 54.6 Å². The number of pyridine rings is 1. The summed E-state index contributed by atoms with van der Waals surface area (Å²) in [7, 11) is 4.17. The van der Waals surface area contributed by atoms with Crippen LogP contribution >= 0.6 is 21.6 Å². The first-order valence-corrected chi connectivity index (χ1v) is 13.4. The molecule has 1 fully saturated rings. The van der Waals surface area contributed by atoms with Crippen LogP contribution in [0.3, 0.4) is 0 Å². The molecule has 2 amide bonds. The highest BCUT2D eigenvalue weighted by molar-refractivity contribution is 8.76. The molecule has 10 heteroatoms. The zero-order valence-corrected chi connectivity index (χ0v) is 21.4. The fraction of sp³-hybridized carbons (Fsp3) is 0.231. The zero-order chi connectivity index (χ0) is 25.5. The molecule has 1 N–H and O–H groups in total. The van der Waals surface area contributed by atoms with Crippen LogP contribution in [0.1, 0.15) is 6.92 Å². The number of carbonyl (C=O) groups excluding carboxylic acids is 3. The van der Waals surface area contributed by atoms with Crippen LogP contribution in [0.2, 0.25) is 0 Å². The summed E-state index contributed by atoms with van der Waals surface area (Å²) < 4.78 is 10.2. The number of para-hydroxylation sites is 2. The highest BCUT2D eigenvalue weighted by Gasteiger charge is 2.49. The summed E-state index contributed by atoms with van der Waals surface area (Å²) in [5.74, 6) is -0.933. The molecule has 1 aliphatic heterocycles. The number of methoxy groups -OCH3 is 1. The molecule has 2 heterocycles. The van der Waals surface area contributed by atoms with Crippen molar-refractivity contribution >= 4 is 50.3 Å². The van der Waals surface area contributed by atoms with Gasteiger partial charge in [-0.25, -0.2) is 4.98 Å². The van der Waals surface area contributed by atoms with Gasteiger partial charge in [-0.3, -0.25) is 14.4 Å². The van der Waals surface area contributed by atoms with Crippen LogP contribution in [0, 0.1) is 5.92 Å². The average Bonchev–Trinajstić information content (AvgIpc) is 2.91. The molecule has 0 saturated carbocycles. The van der Waals surface area contributed by atoms with E-state index in [-0.39, 0.29) is 30.3 Å². The second-order valence-corrected chi connectivity index (χ2v) is 10.3. The van der Waals surface area contributed by atoms with Crippen molar-refractivity contribution in [2.75, 3.05) is 20.3 Å². The van der Waals surface area contributed by atoms with E-state index in [0.717, 1.165) is 15.9 Å². The largest absolute Gasteiger partial charge is 0.484 e. The lowest BCUT2D eigenvalue weighted by Gasteiger charge is -2.46. The number of rotatable bonds is 10. The quantitative estimate of drug-likeness (QED) is 0.242. The third kappa shape index (κ3) is 6.19. The standard InChI is InChI=1S/C26H25N3O5S2/c1-17(14-27-21(30)16-34-19-9-4-3-5-10-19)24-25(32)29(15-23(31)33-2)26(24)36-35-22-13-12-18-8-6-7-11-20(18)28-22/h3-14,24,26H,15-16H2,1-2H3,(H,27,30). The van der Waals surface area contributed by atoms with E-state index in [9.17, 15) is 14.4 Å². The lowest BCUT2D eigenvalue weighted by Crippen LogP contribution is -2.60. The van der Waals surface area contributed by atoms with Crippen LogP contribution < -0.4 is 10.1 Å². The lowest BCUT2D eigenvalue weighted by molar-refractivity contribution is -0.157. The third-order valence-electron chi connectivity index (χ3n) is 5.54. The molecule has 1 aliphatic rings. The van der Waals surface area contributed by atoms with Gasteiger partial charge in [0.25, 0.3) is 5.91 Å². The Bertz CT molecular complexity index is 1280. The first-order valence-electron chi connectivity index (χ1n) is 11.2. The van der Waals surface area contributed by atoms with Gasteiger partial charge >= 0.3 is 5.97 Å². The third-order valence-corrected chi connectivity index (χ3v) is 8.15. The molecule has 36 heavy (non-hydrogen) atoms. The van der Waals surface area contributed by atoms with E-state index < -0.39 is 11.9 Å². The predicted molar refractivity (Wildman–Crippen MR) is 140 cm³/mol. The predicted octanol–water partition coefficient (Wildman–Crippen LogP) is 4.03. The number of hydrogen-bond acceptors (Lipinski definition) is 8. The van der Waals surface area contributed by atoms with Gasteiger partial charge in [0.05, 0.1) is 18.5 Å². The Morgan fingerprint density at radius 2 is 1.83 bits per heavy atom. The SMILES string of the molecule is COC(=O)CN1C(=O)C(C(C)=CNC(=O)COc2ccccc2)C1SSc1ccc2ccccc2n1. The minimum atomic E-state index is -0.497. The van der Waals surface area contributed by atoms with Crippen molar-refractivity contribution < 1.29 is 23.9 Å². The van der Waals surface area contributed by atoms with Crippen molar-refractivity contribution in [3.05, 3.63) is 78.5 Å². The van der Waals surface area contributed by atoms with Crippen molar-refractivity contribution in [1.82, 2.24) is 15.2 Å².